The molecule has 0 spiro atoms. The molecule has 1 aliphatic heterocycles. The van der Waals surface area contributed by atoms with E-state index >= 15 is 0 Å². The summed E-state index contributed by atoms with van der Waals surface area (Å²) < 4.78 is 0. The maximum atomic E-state index is 13.7. The van der Waals surface area contributed by atoms with Gasteiger partial charge >= 0.3 is 0 Å². The van der Waals surface area contributed by atoms with E-state index in [2.05, 4.69) is 0 Å². The molecule has 3 aromatic carbocycles. The Bertz CT molecular complexity index is 1350. The van der Waals surface area contributed by atoms with Crippen LogP contribution in [0.25, 0.3) is 11.1 Å². The van der Waals surface area contributed by atoms with Crippen molar-refractivity contribution in [1.82, 2.24) is 0 Å². The Morgan fingerprint density at radius 2 is 1.23 bits per heavy atom. The Labute approximate surface area is 180 Å². The lowest BCUT2D eigenvalue weighted by Crippen LogP contribution is -2.24. The highest BCUT2D eigenvalue weighted by molar-refractivity contribution is 6.43. The highest BCUT2D eigenvalue weighted by Gasteiger charge is 2.38. The molecule has 0 fully saturated rings. The van der Waals surface area contributed by atoms with Gasteiger partial charge in [-0.15, -0.1) is 0 Å². The summed E-state index contributed by atoms with van der Waals surface area (Å²) in [5.74, 6) is -0.621. The van der Waals surface area contributed by atoms with Crippen molar-refractivity contribution in [2.24, 2.45) is 0 Å². The summed E-state index contributed by atoms with van der Waals surface area (Å²) in [6.45, 7) is 1.67. The quantitative estimate of drug-likeness (QED) is 0.566. The first-order chi connectivity index (χ1) is 15.0. The van der Waals surface area contributed by atoms with E-state index in [1.807, 2.05) is 54.6 Å². The molecule has 0 aromatic heterocycles. The van der Waals surface area contributed by atoms with Crippen molar-refractivity contribution in [3.63, 3.8) is 0 Å². The molecule has 4 heteroatoms. The third-order valence-corrected chi connectivity index (χ3v) is 5.97. The number of hydrogen-bond acceptors (Lipinski definition) is 3. The number of carbonyl (C=O) groups excluding carboxylic acids is 3. The first-order valence-electron chi connectivity index (χ1n) is 10.1. The number of hydrogen-bond donors (Lipinski definition) is 0. The van der Waals surface area contributed by atoms with Crippen LogP contribution in [-0.4, -0.2) is 24.5 Å². The first-order valence-corrected chi connectivity index (χ1v) is 10.1. The zero-order valence-electron chi connectivity index (χ0n) is 17.2. The highest BCUT2D eigenvalue weighted by Crippen LogP contribution is 2.45. The Hall–Kier alpha value is -4.05. The normalized spacial score (nSPS) is 17.1. The van der Waals surface area contributed by atoms with Gasteiger partial charge in [0.25, 0.3) is 5.91 Å². The van der Waals surface area contributed by atoms with E-state index in [0.717, 1.165) is 16.8 Å². The van der Waals surface area contributed by atoms with Crippen LogP contribution in [0, 0.1) is 0 Å². The van der Waals surface area contributed by atoms with Crippen molar-refractivity contribution in [3.05, 3.63) is 112 Å². The van der Waals surface area contributed by atoms with Crippen LogP contribution < -0.4 is 4.90 Å². The number of para-hydroxylation sites is 1. The van der Waals surface area contributed by atoms with Gasteiger partial charge in [0.1, 0.15) is 0 Å². The Kier molecular flexibility index (Phi) is 4.29. The van der Waals surface area contributed by atoms with Crippen LogP contribution in [0.3, 0.4) is 0 Å². The number of carbonyl (C=O) groups is 3. The van der Waals surface area contributed by atoms with Gasteiger partial charge in [-0.1, -0.05) is 72.8 Å². The van der Waals surface area contributed by atoms with E-state index in [0.29, 0.717) is 33.4 Å². The second-order valence-corrected chi connectivity index (χ2v) is 7.70. The van der Waals surface area contributed by atoms with Gasteiger partial charge in [0.2, 0.25) is 0 Å². The summed E-state index contributed by atoms with van der Waals surface area (Å²) in [5.41, 5.74) is 4.64. The van der Waals surface area contributed by atoms with E-state index < -0.39 is 0 Å². The maximum Gasteiger partial charge on any atom is 0.259 e. The molecule has 1 heterocycles. The predicted octanol–water partition coefficient (Wildman–Crippen LogP) is 4.97. The van der Waals surface area contributed by atoms with Crippen molar-refractivity contribution in [1.29, 1.82) is 0 Å². The predicted molar refractivity (Wildman–Crippen MR) is 121 cm³/mol. The largest absolute Gasteiger partial charge is 0.311 e. The average molecular weight is 405 g/mol. The number of rotatable bonds is 2. The zero-order chi connectivity index (χ0) is 21.7. The van der Waals surface area contributed by atoms with Crippen molar-refractivity contribution in [2.45, 2.75) is 6.92 Å². The van der Waals surface area contributed by atoms with Crippen molar-refractivity contribution >= 4 is 34.3 Å². The lowest BCUT2D eigenvalue weighted by molar-refractivity contribution is -0.112. The van der Waals surface area contributed by atoms with Gasteiger partial charge in [-0.2, -0.15) is 0 Å². The maximum absolute atomic E-state index is 13.7. The zero-order valence-corrected chi connectivity index (χ0v) is 17.2. The molecular formula is C27H19NO3. The second kappa shape index (κ2) is 7.03. The molecule has 1 amide bonds. The van der Waals surface area contributed by atoms with Crippen molar-refractivity contribution in [2.75, 3.05) is 11.9 Å². The fourth-order valence-corrected chi connectivity index (χ4v) is 4.43. The molecule has 5 rings (SSSR count). The van der Waals surface area contributed by atoms with E-state index in [4.69, 9.17) is 0 Å². The number of amides is 1. The Morgan fingerprint density at radius 3 is 1.90 bits per heavy atom. The van der Waals surface area contributed by atoms with Crippen molar-refractivity contribution < 1.29 is 14.4 Å². The SMILES string of the molecule is CC1=C(C(=C2C(=O)N(C)c3ccccc32)c2ccccc2)C(=O)c2ccccc2C1=O. The molecule has 0 atom stereocenters. The fourth-order valence-electron chi connectivity index (χ4n) is 4.43. The van der Waals surface area contributed by atoms with Gasteiger partial charge in [-0.3, -0.25) is 14.4 Å². The number of benzene rings is 3. The monoisotopic (exact) mass is 405 g/mol. The number of likely N-dealkylation sites (N-methyl/N-ethyl adjacent to an activating group) is 1. The van der Waals surface area contributed by atoms with Crippen LogP contribution in [0.2, 0.25) is 0 Å². The summed E-state index contributed by atoms with van der Waals surface area (Å²) in [6, 6.07) is 23.7. The van der Waals surface area contributed by atoms with E-state index in [9.17, 15) is 14.4 Å². The Balaban J connectivity index is 1.89. The van der Waals surface area contributed by atoms with Gasteiger partial charge in [0, 0.05) is 40.5 Å². The second-order valence-electron chi connectivity index (χ2n) is 7.70. The number of allylic oxidation sites excluding steroid dienone is 3. The average Bonchev–Trinajstić information content (AvgIpc) is 3.06. The summed E-state index contributed by atoms with van der Waals surface area (Å²) in [7, 11) is 1.72. The minimum atomic E-state index is -0.237. The molecule has 0 saturated carbocycles. The molecule has 31 heavy (non-hydrogen) atoms. The lowest BCUT2D eigenvalue weighted by Gasteiger charge is -2.23. The molecule has 0 unspecified atom stereocenters. The topological polar surface area (TPSA) is 54.5 Å². The minimum absolute atomic E-state index is 0.189. The number of nitrogens with zero attached hydrogens (tertiary/aromatic N) is 1. The molecule has 0 bridgehead atoms. The number of anilines is 1. The first kappa shape index (κ1) is 18.9. The fraction of sp³-hybridized carbons (Fsp3) is 0.0741. The van der Waals surface area contributed by atoms with Crippen LogP contribution in [-0.2, 0) is 4.79 Å². The number of ketones is 2. The van der Waals surface area contributed by atoms with E-state index in [1.54, 1.807) is 43.1 Å². The summed E-state index contributed by atoms with van der Waals surface area (Å²) >= 11 is 0. The molecule has 1 aliphatic carbocycles. The third kappa shape index (κ3) is 2.72. The Morgan fingerprint density at radius 1 is 0.677 bits per heavy atom. The van der Waals surface area contributed by atoms with Crippen molar-refractivity contribution in [3.8, 4) is 0 Å². The van der Waals surface area contributed by atoms with Gasteiger partial charge in [-0.05, 0) is 18.6 Å². The number of fused-ring (bicyclic) bond motifs is 2. The van der Waals surface area contributed by atoms with Gasteiger partial charge in [0.15, 0.2) is 11.6 Å². The molecule has 0 saturated heterocycles. The molecule has 2 aliphatic rings. The van der Waals surface area contributed by atoms with Crippen LogP contribution in [0.4, 0.5) is 5.69 Å². The molecule has 3 aromatic rings. The summed E-state index contributed by atoms with van der Waals surface area (Å²) in [4.78, 5) is 41.9. The molecule has 4 nitrogen and oxygen atoms in total. The lowest BCUT2D eigenvalue weighted by atomic mass is 9.77. The molecule has 0 radical (unpaired) electrons. The molecule has 0 N–H and O–H groups in total. The van der Waals surface area contributed by atoms with Crippen LogP contribution in [0.15, 0.2) is 90.0 Å². The van der Waals surface area contributed by atoms with Gasteiger partial charge in [-0.25, -0.2) is 0 Å². The van der Waals surface area contributed by atoms with Gasteiger partial charge < -0.3 is 4.90 Å². The summed E-state index contributed by atoms with van der Waals surface area (Å²) in [5, 5.41) is 0. The minimum Gasteiger partial charge on any atom is -0.311 e. The van der Waals surface area contributed by atoms with Crippen LogP contribution >= 0.6 is 0 Å². The molecular weight excluding hydrogens is 386 g/mol. The van der Waals surface area contributed by atoms with E-state index in [-0.39, 0.29) is 17.5 Å². The van der Waals surface area contributed by atoms with E-state index in [1.165, 1.54) is 0 Å². The standard InChI is InChI=1S/C27H19NO3/c1-16-22(26(30)19-13-7-6-12-18(19)25(16)29)23(17-10-4-3-5-11-17)24-20-14-8-9-15-21(20)28(2)27(24)31/h3-15H,1-2H3. The third-order valence-electron chi connectivity index (χ3n) is 5.97. The number of Topliss-reactive ketones (excluding diaryl/α,β-unsaturated/α-hetero) is 2. The summed E-state index contributed by atoms with van der Waals surface area (Å²) in [6.07, 6.45) is 0. The van der Waals surface area contributed by atoms with Crippen LogP contribution in [0.5, 0.6) is 0 Å². The molecule has 150 valence electrons. The van der Waals surface area contributed by atoms with Crippen LogP contribution in [0.1, 0.15) is 38.8 Å². The smallest absolute Gasteiger partial charge is 0.259 e. The highest BCUT2D eigenvalue weighted by atomic mass is 16.2. The van der Waals surface area contributed by atoms with Gasteiger partial charge in [0.05, 0.1) is 11.3 Å².